The summed E-state index contributed by atoms with van der Waals surface area (Å²) in [6, 6.07) is 0.407. The second-order valence-corrected chi connectivity index (χ2v) is 11.5. The summed E-state index contributed by atoms with van der Waals surface area (Å²) in [5.41, 5.74) is 0.768. The molecule has 0 spiro atoms. The number of fused-ring (bicyclic) bond motifs is 3. The second-order valence-electron chi connectivity index (χ2n) is 10.3. The number of nitrogens with one attached hydrogen (secondary N) is 3. The predicted octanol–water partition coefficient (Wildman–Crippen LogP) is -2.65. The fraction of sp³-hybridized carbons (Fsp3) is 0.652. The van der Waals surface area contributed by atoms with Gasteiger partial charge < -0.3 is 54.4 Å². The van der Waals surface area contributed by atoms with Crippen LogP contribution in [-0.4, -0.2) is 115 Å². The van der Waals surface area contributed by atoms with Crippen LogP contribution in [0.5, 0.6) is 5.75 Å². The highest BCUT2D eigenvalue weighted by molar-refractivity contribution is 7.46. The van der Waals surface area contributed by atoms with Crippen molar-refractivity contribution in [3.8, 4) is 5.75 Å². The van der Waals surface area contributed by atoms with Crippen molar-refractivity contribution in [1.82, 2.24) is 25.3 Å². The molecule has 0 radical (unpaired) electrons. The number of hydrogen-bond acceptors (Lipinski definition) is 12. The third-order valence-electron chi connectivity index (χ3n) is 7.53. The molecule has 3 fully saturated rings. The van der Waals surface area contributed by atoms with Gasteiger partial charge in [-0.1, -0.05) is 0 Å². The number of aliphatic hydroxyl groups is 3. The van der Waals surface area contributed by atoms with Crippen molar-refractivity contribution in [3.63, 3.8) is 0 Å². The SMILES string of the molecule is CN[C@@H]1[C@H](O)[C@H](NC)[C@H]2O[C@]3(O)[C@H](O[C@@H]2[C@H]1O)O[C@H](C)C[C@H]3NC(=O)Cc1cn2cc(OP(=O)(O)O)ccc2n1. The molecule has 0 bridgehead atoms. The molecule has 2 aliphatic heterocycles. The Bertz CT molecular complexity index is 1290. The molecule has 16 nitrogen and oxygen atoms in total. The van der Waals surface area contributed by atoms with Gasteiger partial charge in [0.15, 0.2) is 0 Å². The first kappa shape index (κ1) is 29.3. The molecule has 1 amide bonds. The number of aliphatic hydroxyl groups excluding tert-OH is 2. The summed E-state index contributed by atoms with van der Waals surface area (Å²) >= 11 is 0. The van der Waals surface area contributed by atoms with E-state index in [1.54, 1.807) is 21.0 Å². The van der Waals surface area contributed by atoms with Crippen LogP contribution in [0, 0.1) is 0 Å². The first-order valence-corrected chi connectivity index (χ1v) is 14.3. The predicted molar refractivity (Wildman–Crippen MR) is 135 cm³/mol. The quantitative estimate of drug-likeness (QED) is 0.155. The van der Waals surface area contributed by atoms with Crippen LogP contribution in [0.3, 0.4) is 0 Å². The molecule has 2 aromatic rings. The standard InChI is InChI=1S/C23H34N5O11P/c1-10-6-13(27-15(29)7-11-8-28-9-12(39-40(33,34)35)4-5-14(28)26-11)23(32)22(36-10)37-21-19(31)16(24-2)18(30)17(25-3)20(21)38-23/h4-5,8-10,13,16-22,24-25,30-32H,6-7H2,1-3H3,(H,27,29)(H2,33,34,35)/t10-,13-,16-,17+,18+,19+,20-,21-,22+,23+/m1/s1. The third-order valence-corrected chi connectivity index (χ3v) is 7.97. The van der Waals surface area contributed by atoms with Gasteiger partial charge in [-0.25, -0.2) is 9.55 Å². The molecule has 222 valence electrons. The number of phosphoric acid groups is 1. The molecule has 1 aliphatic carbocycles. The highest BCUT2D eigenvalue weighted by Gasteiger charge is 2.63. The number of imidazole rings is 1. The number of ether oxygens (including phenoxy) is 3. The van der Waals surface area contributed by atoms with Crippen molar-refractivity contribution in [1.29, 1.82) is 0 Å². The summed E-state index contributed by atoms with van der Waals surface area (Å²) in [4.78, 5) is 35.5. The van der Waals surface area contributed by atoms with Gasteiger partial charge in [0.25, 0.3) is 0 Å². The largest absolute Gasteiger partial charge is 0.524 e. The number of pyridine rings is 1. The van der Waals surface area contributed by atoms with Crippen LogP contribution in [0.2, 0.25) is 0 Å². The van der Waals surface area contributed by atoms with Gasteiger partial charge >= 0.3 is 7.82 Å². The molecule has 1 saturated carbocycles. The van der Waals surface area contributed by atoms with E-state index in [4.69, 9.17) is 24.0 Å². The summed E-state index contributed by atoms with van der Waals surface area (Å²) < 4.78 is 35.1. The first-order valence-electron chi connectivity index (χ1n) is 12.8. The average molecular weight is 588 g/mol. The molecule has 10 atom stereocenters. The van der Waals surface area contributed by atoms with Gasteiger partial charge in [0.2, 0.25) is 18.0 Å². The van der Waals surface area contributed by atoms with E-state index >= 15 is 0 Å². The van der Waals surface area contributed by atoms with Gasteiger partial charge in [-0.2, -0.15) is 0 Å². The number of hydrogen-bond donors (Lipinski definition) is 8. The third kappa shape index (κ3) is 5.49. The second kappa shape index (κ2) is 10.9. The Morgan fingerprint density at radius 2 is 1.88 bits per heavy atom. The summed E-state index contributed by atoms with van der Waals surface area (Å²) in [5, 5.41) is 42.0. The van der Waals surface area contributed by atoms with Crippen LogP contribution in [-0.2, 0) is 30.0 Å². The Labute approximate surface area is 228 Å². The normalized spacial score (nSPS) is 38.0. The van der Waals surface area contributed by atoms with E-state index in [2.05, 4.69) is 25.5 Å². The topological polar surface area (TPSA) is 226 Å². The monoisotopic (exact) mass is 587 g/mol. The van der Waals surface area contributed by atoms with Crippen LogP contribution in [0.25, 0.3) is 5.65 Å². The van der Waals surface area contributed by atoms with E-state index in [1.807, 2.05) is 0 Å². The van der Waals surface area contributed by atoms with Crippen molar-refractivity contribution in [2.75, 3.05) is 14.1 Å². The van der Waals surface area contributed by atoms with Gasteiger partial charge in [-0.05, 0) is 39.6 Å². The van der Waals surface area contributed by atoms with Crippen LogP contribution >= 0.6 is 7.82 Å². The molecule has 2 saturated heterocycles. The fourth-order valence-electron chi connectivity index (χ4n) is 5.73. The molecule has 3 aliphatic rings. The number of phosphoric ester groups is 1. The summed E-state index contributed by atoms with van der Waals surface area (Å²) in [6.07, 6.45) is -3.10. The first-order chi connectivity index (χ1) is 18.8. The summed E-state index contributed by atoms with van der Waals surface area (Å²) in [5.74, 6) is -2.69. The molecule has 8 N–H and O–H groups in total. The minimum Gasteiger partial charge on any atom is -0.403 e. The Morgan fingerprint density at radius 1 is 1.15 bits per heavy atom. The van der Waals surface area contributed by atoms with Gasteiger partial charge in [-0.3, -0.25) is 14.6 Å². The van der Waals surface area contributed by atoms with E-state index in [1.165, 1.54) is 28.9 Å². The van der Waals surface area contributed by atoms with Gasteiger partial charge in [-0.15, -0.1) is 0 Å². The Hall–Kier alpha value is -2.21. The number of likely N-dealkylation sites (N-methyl/N-ethyl adjacent to an activating group) is 2. The Morgan fingerprint density at radius 3 is 2.55 bits per heavy atom. The van der Waals surface area contributed by atoms with Crippen molar-refractivity contribution >= 4 is 19.4 Å². The van der Waals surface area contributed by atoms with Crippen molar-refractivity contribution in [2.45, 2.75) is 80.5 Å². The molecule has 4 heterocycles. The minimum atomic E-state index is -4.74. The maximum atomic E-state index is 13.1. The van der Waals surface area contributed by atoms with Crippen molar-refractivity contribution < 1.29 is 53.2 Å². The van der Waals surface area contributed by atoms with Crippen LogP contribution in [0.4, 0.5) is 0 Å². The smallest absolute Gasteiger partial charge is 0.403 e. The van der Waals surface area contributed by atoms with Crippen LogP contribution in [0.15, 0.2) is 24.5 Å². The molecule has 0 unspecified atom stereocenters. The average Bonchev–Trinajstić information content (AvgIpc) is 3.25. The van der Waals surface area contributed by atoms with Crippen LogP contribution < -0.4 is 20.5 Å². The van der Waals surface area contributed by atoms with E-state index < -0.39 is 74.5 Å². The van der Waals surface area contributed by atoms with Gasteiger partial charge in [0.1, 0.15) is 29.7 Å². The number of aromatic nitrogens is 2. The number of carbonyl (C=O) groups is 1. The van der Waals surface area contributed by atoms with Gasteiger partial charge in [0, 0.05) is 6.20 Å². The molecule has 0 aromatic carbocycles. The zero-order valence-electron chi connectivity index (χ0n) is 21.9. The zero-order chi connectivity index (χ0) is 29.0. The van der Waals surface area contributed by atoms with Crippen LogP contribution in [0.1, 0.15) is 19.0 Å². The number of amides is 1. The number of rotatable bonds is 7. The minimum absolute atomic E-state index is 0.0784. The zero-order valence-corrected chi connectivity index (χ0v) is 22.8. The Kier molecular flexibility index (Phi) is 7.97. The molecular weight excluding hydrogens is 553 g/mol. The molecule has 40 heavy (non-hydrogen) atoms. The lowest BCUT2D eigenvalue weighted by molar-refractivity contribution is -0.449. The molecule has 2 aromatic heterocycles. The van der Waals surface area contributed by atoms with Crippen molar-refractivity contribution in [2.24, 2.45) is 0 Å². The molecule has 5 rings (SSSR count). The maximum absolute atomic E-state index is 13.1. The molecule has 17 heteroatoms. The lowest BCUT2D eigenvalue weighted by Crippen LogP contribution is -2.79. The van der Waals surface area contributed by atoms with Gasteiger partial charge in [0.05, 0.1) is 48.6 Å². The van der Waals surface area contributed by atoms with E-state index in [-0.39, 0.29) is 18.6 Å². The number of nitrogens with zero attached hydrogens (tertiary/aromatic N) is 2. The van der Waals surface area contributed by atoms with E-state index in [0.29, 0.717) is 11.3 Å². The van der Waals surface area contributed by atoms with E-state index in [0.717, 1.165) is 0 Å². The summed E-state index contributed by atoms with van der Waals surface area (Å²) in [7, 11) is -1.52. The van der Waals surface area contributed by atoms with Crippen molar-refractivity contribution in [3.05, 3.63) is 30.2 Å². The lowest BCUT2D eigenvalue weighted by Gasteiger charge is -2.58. The number of carbonyl (C=O) groups excluding carboxylic acids is 1. The highest BCUT2D eigenvalue weighted by atomic mass is 31.2. The maximum Gasteiger partial charge on any atom is 0.524 e. The highest BCUT2D eigenvalue weighted by Crippen LogP contribution is 2.42. The lowest BCUT2D eigenvalue weighted by atomic mass is 9.79. The summed E-state index contributed by atoms with van der Waals surface area (Å²) in [6.45, 7) is 1.75. The van der Waals surface area contributed by atoms with E-state index in [9.17, 15) is 24.7 Å². The molecular formula is C23H34N5O11P. The Balaban J connectivity index is 1.32. The fourth-order valence-corrected chi connectivity index (χ4v) is 6.11.